The van der Waals surface area contributed by atoms with Gasteiger partial charge in [-0.1, -0.05) is 31.4 Å². The molecule has 0 radical (unpaired) electrons. The average Bonchev–Trinajstić information content (AvgIpc) is 2.74. The van der Waals surface area contributed by atoms with Crippen molar-refractivity contribution in [2.45, 2.75) is 32.2 Å². The van der Waals surface area contributed by atoms with E-state index in [9.17, 15) is 0 Å². The Morgan fingerprint density at radius 2 is 2.18 bits per heavy atom. The number of methoxy groups -OCH3 is 1. The minimum atomic E-state index is 0.0288. The monoisotopic (exact) mass is 253 g/mol. The molecule has 3 atom stereocenters. The van der Waals surface area contributed by atoms with E-state index in [4.69, 9.17) is 22.1 Å². The Bertz CT molecular complexity index is 394. The van der Waals surface area contributed by atoms with Crippen molar-refractivity contribution in [1.82, 2.24) is 0 Å². The molecule has 0 heterocycles. The quantitative estimate of drug-likeness (QED) is 0.890. The van der Waals surface area contributed by atoms with Crippen LogP contribution in [0.2, 0.25) is 5.02 Å². The summed E-state index contributed by atoms with van der Waals surface area (Å²) < 4.78 is 5.38. The van der Waals surface area contributed by atoms with Gasteiger partial charge in [0.25, 0.3) is 0 Å². The lowest BCUT2D eigenvalue weighted by molar-refractivity contribution is 0.336. The second-order valence-electron chi connectivity index (χ2n) is 4.98. The normalized spacial score (nSPS) is 25.9. The number of benzene rings is 1. The minimum absolute atomic E-state index is 0.0288. The molecule has 0 aliphatic heterocycles. The molecule has 1 aliphatic carbocycles. The van der Waals surface area contributed by atoms with E-state index in [1.54, 1.807) is 7.11 Å². The van der Waals surface area contributed by atoms with Gasteiger partial charge in [0, 0.05) is 16.6 Å². The maximum absolute atomic E-state index is 6.40. The Morgan fingerprint density at radius 3 is 2.76 bits per heavy atom. The Hall–Kier alpha value is -0.730. The van der Waals surface area contributed by atoms with Gasteiger partial charge in [-0.15, -0.1) is 0 Å². The van der Waals surface area contributed by atoms with Gasteiger partial charge in [-0.3, -0.25) is 0 Å². The molecule has 1 aromatic rings. The molecule has 2 nitrogen and oxygen atoms in total. The molecule has 94 valence electrons. The van der Waals surface area contributed by atoms with Gasteiger partial charge in [-0.25, -0.2) is 0 Å². The van der Waals surface area contributed by atoms with Crippen LogP contribution in [-0.4, -0.2) is 7.11 Å². The van der Waals surface area contributed by atoms with Crippen molar-refractivity contribution >= 4 is 11.6 Å². The molecule has 0 spiro atoms. The zero-order valence-corrected chi connectivity index (χ0v) is 11.2. The first-order valence-electron chi connectivity index (χ1n) is 6.22. The molecular weight excluding hydrogens is 234 g/mol. The third-order valence-electron chi connectivity index (χ3n) is 3.94. The molecule has 1 aromatic carbocycles. The average molecular weight is 254 g/mol. The fourth-order valence-corrected chi connectivity index (χ4v) is 3.08. The molecule has 0 saturated heterocycles. The summed E-state index contributed by atoms with van der Waals surface area (Å²) in [6.07, 6.45) is 3.77. The van der Waals surface area contributed by atoms with E-state index in [-0.39, 0.29) is 6.04 Å². The Kier molecular flexibility index (Phi) is 3.95. The van der Waals surface area contributed by atoms with Crippen LogP contribution in [0.4, 0.5) is 0 Å². The summed E-state index contributed by atoms with van der Waals surface area (Å²) in [6, 6.07) is 5.71. The van der Waals surface area contributed by atoms with Gasteiger partial charge in [-0.2, -0.15) is 0 Å². The molecule has 2 rings (SSSR count). The first-order chi connectivity index (χ1) is 8.13. The molecule has 1 aliphatic rings. The van der Waals surface area contributed by atoms with Gasteiger partial charge in [-0.05, 0) is 36.5 Å². The van der Waals surface area contributed by atoms with Crippen molar-refractivity contribution in [3.05, 3.63) is 28.8 Å². The van der Waals surface area contributed by atoms with E-state index >= 15 is 0 Å². The first kappa shape index (κ1) is 12.7. The van der Waals surface area contributed by atoms with Crippen LogP contribution in [-0.2, 0) is 0 Å². The molecule has 17 heavy (non-hydrogen) atoms. The van der Waals surface area contributed by atoms with Crippen LogP contribution in [0, 0.1) is 11.8 Å². The van der Waals surface area contributed by atoms with Crippen LogP contribution in [0.25, 0.3) is 0 Å². The number of ether oxygens (including phenoxy) is 1. The number of halogens is 1. The number of nitrogens with two attached hydrogens (primary N) is 1. The van der Waals surface area contributed by atoms with Crippen LogP contribution in [0.1, 0.15) is 37.8 Å². The highest BCUT2D eigenvalue weighted by molar-refractivity contribution is 6.30. The first-order valence-corrected chi connectivity index (χ1v) is 6.60. The summed E-state index contributed by atoms with van der Waals surface area (Å²) in [5, 5.41) is 0.724. The zero-order chi connectivity index (χ0) is 12.4. The summed E-state index contributed by atoms with van der Waals surface area (Å²) >= 11 is 6.05. The van der Waals surface area contributed by atoms with E-state index < -0.39 is 0 Å². The van der Waals surface area contributed by atoms with E-state index in [0.29, 0.717) is 11.8 Å². The second-order valence-corrected chi connectivity index (χ2v) is 5.42. The van der Waals surface area contributed by atoms with Crippen LogP contribution < -0.4 is 10.5 Å². The predicted molar refractivity (Wildman–Crippen MR) is 71.4 cm³/mol. The highest BCUT2D eigenvalue weighted by Gasteiger charge is 2.31. The fourth-order valence-electron chi connectivity index (χ4n) is 2.90. The summed E-state index contributed by atoms with van der Waals surface area (Å²) in [7, 11) is 1.68. The molecule has 2 N–H and O–H groups in total. The van der Waals surface area contributed by atoms with Crippen molar-refractivity contribution in [2.24, 2.45) is 17.6 Å². The van der Waals surface area contributed by atoms with Gasteiger partial charge in [0.2, 0.25) is 0 Å². The van der Waals surface area contributed by atoms with Gasteiger partial charge in [0.1, 0.15) is 5.75 Å². The van der Waals surface area contributed by atoms with Crippen LogP contribution in [0.15, 0.2) is 18.2 Å². The number of hydrogen-bond acceptors (Lipinski definition) is 2. The molecule has 1 fully saturated rings. The lowest BCUT2D eigenvalue weighted by atomic mass is 9.86. The molecule has 0 amide bonds. The molecule has 1 saturated carbocycles. The Morgan fingerprint density at radius 1 is 1.41 bits per heavy atom. The predicted octanol–water partition coefficient (Wildman–Crippen LogP) is 3.78. The van der Waals surface area contributed by atoms with Gasteiger partial charge in [0.15, 0.2) is 0 Å². The molecule has 3 heteroatoms. The lowest BCUT2D eigenvalue weighted by Crippen LogP contribution is -2.23. The highest BCUT2D eigenvalue weighted by Crippen LogP contribution is 2.41. The van der Waals surface area contributed by atoms with Crippen molar-refractivity contribution in [1.29, 1.82) is 0 Å². The molecule has 3 unspecified atom stereocenters. The summed E-state index contributed by atoms with van der Waals surface area (Å²) in [4.78, 5) is 0. The molecular formula is C14H20ClNO. The van der Waals surface area contributed by atoms with Crippen LogP contribution in [0.3, 0.4) is 0 Å². The summed E-state index contributed by atoms with van der Waals surface area (Å²) in [5.74, 6) is 2.08. The third-order valence-corrected chi connectivity index (χ3v) is 4.18. The highest BCUT2D eigenvalue weighted by atomic mass is 35.5. The van der Waals surface area contributed by atoms with E-state index in [0.717, 1.165) is 16.3 Å². The number of hydrogen-bond donors (Lipinski definition) is 1. The largest absolute Gasteiger partial charge is 0.496 e. The van der Waals surface area contributed by atoms with Crippen LogP contribution >= 0.6 is 11.6 Å². The van der Waals surface area contributed by atoms with Crippen molar-refractivity contribution < 1.29 is 4.74 Å². The maximum atomic E-state index is 6.40. The number of rotatable bonds is 3. The third kappa shape index (κ3) is 2.58. The fraction of sp³-hybridized carbons (Fsp3) is 0.571. The summed E-state index contributed by atoms with van der Waals surface area (Å²) in [5.41, 5.74) is 7.44. The van der Waals surface area contributed by atoms with Gasteiger partial charge >= 0.3 is 0 Å². The maximum Gasteiger partial charge on any atom is 0.123 e. The van der Waals surface area contributed by atoms with E-state index in [2.05, 4.69) is 6.92 Å². The standard InChI is InChI=1S/C14H20ClNO/c1-9-4-3-5-11(9)14(16)12-8-10(15)6-7-13(12)17-2/h6-9,11,14H,3-5,16H2,1-2H3. The van der Waals surface area contributed by atoms with E-state index in [1.807, 2.05) is 18.2 Å². The molecule has 0 bridgehead atoms. The zero-order valence-electron chi connectivity index (χ0n) is 10.4. The Balaban J connectivity index is 2.28. The smallest absolute Gasteiger partial charge is 0.123 e. The van der Waals surface area contributed by atoms with Crippen LogP contribution in [0.5, 0.6) is 5.75 Å². The minimum Gasteiger partial charge on any atom is -0.496 e. The topological polar surface area (TPSA) is 35.2 Å². The lowest BCUT2D eigenvalue weighted by Gasteiger charge is -2.25. The van der Waals surface area contributed by atoms with Crippen molar-refractivity contribution in [3.63, 3.8) is 0 Å². The SMILES string of the molecule is COc1ccc(Cl)cc1C(N)C1CCCC1C. The molecule has 0 aromatic heterocycles. The van der Waals surface area contributed by atoms with Gasteiger partial charge in [0.05, 0.1) is 7.11 Å². The second kappa shape index (κ2) is 5.28. The Labute approximate surface area is 108 Å². The van der Waals surface area contributed by atoms with E-state index in [1.165, 1.54) is 19.3 Å². The van der Waals surface area contributed by atoms with Crippen molar-refractivity contribution in [3.8, 4) is 5.75 Å². The van der Waals surface area contributed by atoms with Gasteiger partial charge < -0.3 is 10.5 Å². The van der Waals surface area contributed by atoms with Crippen molar-refractivity contribution in [2.75, 3.05) is 7.11 Å². The summed E-state index contributed by atoms with van der Waals surface area (Å²) in [6.45, 7) is 2.29.